The summed E-state index contributed by atoms with van der Waals surface area (Å²) in [6.07, 6.45) is 2.48. The average molecular weight is 461 g/mol. The fourth-order valence-electron chi connectivity index (χ4n) is 3.32. The molecule has 9 heteroatoms. The molecule has 0 radical (unpaired) electrons. The van der Waals surface area contributed by atoms with Crippen LogP contribution >= 0.6 is 35.0 Å². The van der Waals surface area contributed by atoms with Gasteiger partial charge in [-0.3, -0.25) is 14.7 Å². The summed E-state index contributed by atoms with van der Waals surface area (Å²) in [7, 11) is 0. The number of thioether (sulfide) groups is 1. The number of rotatable bonds is 8. The van der Waals surface area contributed by atoms with Crippen molar-refractivity contribution in [2.75, 3.05) is 0 Å². The van der Waals surface area contributed by atoms with Crippen molar-refractivity contribution in [1.29, 1.82) is 0 Å². The maximum atomic E-state index is 10.9. The van der Waals surface area contributed by atoms with E-state index in [-0.39, 0.29) is 16.9 Å². The molecule has 154 valence electrons. The van der Waals surface area contributed by atoms with Crippen LogP contribution in [0.1, 0.15) is 17.2 Å². The SMILES string of the molecule is C=CCn1c(SC(c2ccccc2)C2CC2(Cl)Cl)nnc1-c1ccc([N+](=O)[O-])cc1. The summed E-state index contributed by atoms with van der Waals surface area (Å²) in [6, 6.07) is 16.3. The first-order valence-electron chi connectivity index (χ1n) is 9.29. The normalized spacial score (nSPS) is 18.0. The Kier molecular flexibility index (Phi) is 5.86. The van der Waals surface area contributed by atoms with E-state index in [1.54, 1.807) is 30.0 Å². The van der Waals surface area contributed by atoms with Gasteiger partial charge in [0.2, 0.25) is 0 Å². The van der Waals surface area contributed by atoms with Crippen LogP contribution in [0.25, 0.3) is 11.4 Å². The standard InChI is InChI=1S/C21H18Cl2N4O2S/c1-2-12-26-19(15-8-10-16(11-9-15)27(28)29)24-25-20(26)30-18(17-13-21(17,22)23)14-6-4-3-5-7-14/h2-11,17-18H,1,12-13H2. The van der Waals surface area contributed by atoms with Gasteiger partial charge in [0, 0.05) is 35.4 Å². The third-order valence-electron chi connectivity index (χ3n) is 4.97. The van der Waals surface area contributed by atoms with Crippen LogP contribution in [0.2, 0.25) is 0 Å². The van der Waals surface area contributed by atoms with Gasteiger partial charge in [-0.15, -0.1) is 40.0 Å². The Labute approximate surface area is 188 Å². The van der Waals surface area contributed by atoms with Crippen molar-refractivity contribution in [2.24, 2.45) is 5.92 Å². The first-order valence-corrected chi connectivity index (χ1v) is 10.9. The van der Waals surface area contributed by atoms with Gasteiger partial charge in [0.05, 0.1) is 4.92 Å². The molecular formula is C21H18Cl2N4O2S. The van der Waals surface area contributed by atoms with Crippen LogP contribution < -0.4 is 0 Å². The van der Waals surface area contributed by atoms with Crippen molar-refractivity contribution in [1.82, 2.24) is 14.8 Å². The number of benzene rings is 2. The zero-order valence-corrected chi connectivity index (χ0v) is 18.1. The monoisotopic (exact) mass is 460 g/mol. The lowest BCUT2D eigenvalue weighted by atomic mass is 10.1. The molecule has 1 aliphatic carbocycles. The van der Waals surface area contributed by atoms with E-state index in [1.807, 2.05) is 22.8 Å². The molecule has 2 unspecified atom stereocenters. The first kappa shape index (κ1) is 20.9. The van der Waals surface area contributed by atoms with E-state index >= 15 is 0 Å². The second-order valence-corrected chi connectivity index (χ2v) is 9.68. The Morgan fingerprint density at radius 2 is 1.90 bits per heavy atom. The van der Waals surface area contributed by atoms with E-state index < -0.39 is 9.26 Å². The summed E-state index contributed by atoms with van der Waals surface area (Å²) in [5.74, 6) is 0.725. The Morgan fingerprint density at radius 3 is 2.47 bits per heavy atom. The van der Waals surface area contributed by atoms with Crippen molar-refractivity contribution in [2.45, 2.75) is 27.7 Å². The minimum atomic E-state index is -0.738. The van der Waals surface area contributed by atoms with Crippen LogP contribution in [0, 0.1) is 16.0 Å². The predicted octanol–water partition coefficient (Wildman–Crippen LogP) is 6.07. The fraction of sp³-hybridized carbons (Fsp3) is 0.238. The minimum Gasteiger partial charge on any atom is -0.298 e. The highest BCUT2D eigenvalue weighted by Crippen LogP contribution is 2.63. The molecule has 0 aliphatic heterocycles. The second kappa shape index (κ2) is 8.41. The summed E-state index contributed by atoms with van der Waals surface area (Å²) in [5.41, 5.74) is 1.90. The van der Waals surface area contributed by atoms with Gasteiger partial charge < -0.3 is 0 Å². The average Bonchev–Trinajstić information content (AvgIpc) is 3.19. The lowest BCUT2D eigenvalue weighted by molar-refractivity contribution is -0.384. The highest BCUT2D eigenvalue weighted by atomic mass is 35.5. The number of alkyl halides is 2. The Bertz CT molecular complexity index is 1070. The first-order chi connectivity index (χ1) is 14.4. The summed E-state index contributed by atoms with van der Waals surface area (Å²) >= 11 is 14.4. The van der Waals surface area contributed by atoms with Crippen LogP contribution in [-0.4, -0.2) is 24.0 Å². The number of nitrogens with zero attached hydrogens (tertiary/aromatic N) is 4. The second-order valence-electron chi connectivity index (χ2n) is 7.03. The molecule has 4 rings (SSSR count). The maximum Gasteiger partial charge on any atom is 0.269 e. The molecule has 3 aromatic rings. The van der Waals surface area contributed by atoms with E-state index in [0.29, 0.717) is 23.9 Å². The minimum absolute atomic E-state index is 0.0266. The van der Waals surface area contributed by atoms with E-state index in [4.69, 9.17) is 23.2 Å². The van der Waals surface area contributed by atoms with Crippen LogP contribution in [0.15, 0.2) is 72.4 Å². The van der Waals surface area contributed by atoms with E-state index in [2.05, 4.69) is 28.9 Å². The van der Waals surface area contributed by atoms with Crippen molar-refractivity contribution < 1.29 is 4.92 Å². The maximum absolute atomic E-state index is 10.9. The zero-order chi connectivity index (χ0) is 21.3. The Morgan fingerprint density at radius 1 is 1.23 bits per heavy atom. The van der Waals surface area contributed by atoms with Crippen molar-refractivity contribution in [3.8, 4) is 11.4 Å². The number of aromatic nitrogens is 3. The third kappa shape index (κ3) is 4.24. The molecular weight excluding hydrogens is 443 g/mol. The summed E-state index contributed by atoms with van der Waals surface area (Å²) < 4.78 is 1.21. The molecule has 0 saturated heterocycles. The molecule has 1 aliphatic rings. The van der Waals surface area contributed by atoms with Crippen LogP contribution in [0.5, 0.6) is 0 Å². The Balaban J connectivity index is 1.68. The van der Waals surface area contributed by atoms with Crippen LogP contribution in [0.3, 0.4) is 0 Å². The molecule has 2 aromatic carbocycles. The van der Waals surface area contributed by atoms with Crippen molar-refractivity contribution in [3.63, 3.8) is 0 Å². The molecule has 2 atom stereocenters. The van der Waals surface area contributed by atoms with Gasteiger partial charge in [-0.25, -0.2) is 0 Å². The lowest BCUT2D eigenvalue weighted by Crippen LogP contribution is -2.06. The molecule has 0 bridgehead atoms. The van der Waals surface area contributed by atoms with Gasteiger partial charge in [-0.2, -0.15) is 0 Å². The molecule has 0 N–H and O–H groups in total. The summed E-state index contributed by atoms with van der Waals surface area (Å²) in [6.45, 7) is 4.34. The smallest absolute Gasteiger partial charge is 0.269 e. The topological polar surface area (TPSA) is 73.8 Å². The molecule has 1 saturated carbocycles. The van der Waals surface area contributed by atoms with E-state index in [9.17, 15) is 10.1 Å². The van der Waals surface area contributed by atoms with Crippen LogP contribution in [0.4, 0.5) is 5.69 Å². The number of halogens is 2. The van der Waals surface area contributed by atoms with Gasteiger partial charge in [-0.1, -0.05) is 48.2 Å². The highest BCUT2D eigenvalue weighted by molar-refractivity contribution is 7.99. The molecule has 6 nitrogen and oxygen atoms in total. The largest absolute Gasteiger partial charge is 0.298 e. The van der Waals surface area contributed by atoms with Crippen molar-refractivity contribution >= 4 is 40.7 Å². The third-order valence-corrected chi connectivity index (χ3v) is 7.20. The van der Waals surface area contributed by atoms with Gasteiger partial charge in [0.1, 0.15) is 4.33 Å². The summed E-state index contributed by atoms with van der Waals surface area (Å²) in [4.78, 5) is 10.5. The van der Waals surface area contributed by atoms with Gasteiger partial charge in [0.15, 0.2) is 11.0 Å². The van der Waals surface area contributed by atoms with Crippen molar-refractivity contribution in [3.05, 3.63) is 82.9 Å². The number of non-ortho nitro benzene ring substituents is 1. The number of hydrogen-bond donors (Lipinski definition) is 0. The molecule has 0 amide bonds. The molecule has 1 fully saturated rings. The molecule has 0 spiro atoms. The zero-order valence-electron chi connectivity index (χ0n) is 15.8. The van der Waals surface area contributed by atoms with E-state index in [0.717, 1.165) is 11.1 Å². The number of nitro groups is 1. The number of hydrogen-bond acceptors (Lipinski definition) is 5. The predicted molar refractivity (Wildman–Crippen MR) is 120 cm³/mol. The van der Waals surface area contributed by atoms with Gasteiger partial charge in [-0.05, 0) is 24.1 Å². The van der Waals surface area contributed by atoms with Gasteiger partial charge >= 0.3 is 0 Å². The molecule has 1 aromatic heterocycles. The highest BCUT2D eigenvalue weighted by Gasteiger charge is 2.56. The number of allylic oxidation sites excluding steroid dienone is 1. The number of nitro benzene ring substituents is 1. The van der Waals surface area contributed by atoms with E-state index in [1.165, 1.54) is 12.1 Å². The van der Waals surface area contributed by atoms with Gasteiger partial charge in [0.25, 0.3) is 5.69 Å². The Hall–Kier alpha value is -2.35. The molecule has 1 heterocycles. The quantitative estimate of drug-likeness (QED) is 0.134. The lowest BCUT2D eigenvalue weighted by Gasteiger charge is -2.18. The fourth-order valence-corrected chi connectivity index (χ4v) is 5.44. The summed E-state index contributed by atoms with van der Waals surface area (Å²) in [5, 5.41) is 20.4. The van der Waals surface area contributed by atoms with Crippen LogP contribution in [-0.2, 0) is 6.54 Å². The molecule has 30 heavy (non-hydrogen) atoms.